The summed E-state index contributed by atoms with van der Waals surface area (Å²) in [4.78, 5) is 28.7. The molecule has 2 saturated carbocycles. The van der Waals surface area contributed by atoms with Gasteiger partial charge in [-0.05, 0) is 44.1 Å². The van der Waals surface area contributed by atoms with Gasteiger partial charge in [-0.3, -0.25) is 19.2 Å². The number of aliphatic hydroxyl groups is 2. The zero-order chi connectivity index (χ0) is 22.2. The number of fused-ring (bicyclic) bond motifs is 2. The van der Waals surface area contributed by atoms with Crippen molar-refractivity contribution in [3.8, 4) is 0 Å². The number of nitrogens with zero attached hydrogens (tertiary/aromatic N) is 2. The minimum Gasteiger partial charge on any atom is -0.508 e. The number of hydrogen-bond donors (Lipinski definition) is 3. The van der Waals surface area contributed by atoms with Gasteiger partial charge < -0.3 is 10.2 Å². The summed E-state index contributed by atoms with van der Waals surface area (Å²) >= 11 is 0. The van der Waals surface area contributed by atoms with Crippen molar-refractivity contribution in [2.75, 3.05) is 13.1 Å². The first-order valence-electron chi connectivity index (χ1n) is 10.8. The molecule has 1 aliphatic heterocycles. The maximum Gasteiger partial charge on any atom is 0.329 e. The molecule has 1 aromatic heterocycles. The Morgan fingerprint density at radius 2 is 1.87 bits per heavy atom. The Hall–Kier alpha value is -2.07. The van der Waals surface area contributed by atoms with E-state index in [1.54, 1.807) is 11.8 Å². The van der Waals surface area contributed by atoms with Crippen LogP contribution in [0.5, 0.6) is 0 Å². The second kappa shape index (κ2) is 6.96. The normalized spacial score (nSPS) is 35.6. The molecule has 0 bridgehead atoms. The van der Waals surface area contributed by atoms with Crippen molar-refractivity contribution < 1.29 is 23.4 Å². The molecule has 5 rings (SSSR count). The quantitative estimate of drug-likeness (QED) is 0.607. The van der Waals surface area contributed by atoms with Crippen LogP contribution in [-0.2, 0) is 0 Å². The number of likely N-dealkylation sites (tertiary alicyclic amines) is 1. The lowest BCUT2D eigenvalue weighted by atomic mass is 9.88. The van der Waals surface area contributed by atoms with Crippen molar-refractivity contribution >= 4 is 11.3 Å². The van der Waals surface area contributed by atoms with Gasteiger partial charge in [0.2, 0.25) is 0 Å². The highest BCUT2D eigenvalue weighted by Gasteiger charge is 2.52. The van der Waals surface area contributed by atoms with E-state index in [1.807, 2.05) is 0 Å². The van der Waals surface area contributed by atoms with Crippen molar-refractivity contribution in [3.63, 3.8) is 0 Å². The first-order valence-corrected chi connectivity index (χ1v) is 10.8. The van der Waals surface area contributed by atoms with Crippen LogP contribution in [0.15, 0.2) is 9.59 Å². The van der Waals surface area contributed by atoms with E-state index in [-0.39, 0.29) is 41.9 Å². The summed E-state index contributed by atoms with van der Waals surface area (Å²) in [5, 5.41) is 20.9. The minimum absolute atomic E-state index is 0.0588. The van der Waals surface area contributed by atoms with E-state index in [2.05, 4.69) is 4.98 Å². The highest BCUT2D eigenvalue weighted by atomic mass is 19.3. The number of nitrogens with one attached hydrogen (secondary N) is 1. The summed E-state index contributed by atoms with van der Waals surface area (Å²) in [5.41, 5.74) is -1.01. The highest BCUT2D eigenvalue weighted by Crippen LogP contribution is 2.44. The number of aromatic nitrogens is 2. The van der Waals surface area contributed by atoms with Gasteiger partial charge in [0, 0.05) is 31.5 Å². The lowest BCUT2D eigenvalue weighted by Gasteiger charge is -2.34. The Kier molecular flexibility index (Phi) is 4.68. The summed E-state index contributed by atoms with van der Waals surface area (Å²) in [6, 6.07) is -1.12. The molecule has 0 aromatic carbocycles. The molecule has 31 heavy (non-hydrogen) atoms. The molecule has 1 aromatic rings. The number of aromatic amines is 1. The highest BCUT2D eigenvalue weighted by molar-refractivity contribution is 5.60. The third-order valence-corrected chi connectivity index (χ3v) is 7.50. The number of aliphatic hydroxyl groups excluding tert-OH is 2. The second-order valence-electron chi connectivity index (χ2n) is 9.47. The number of H-pyrrole nitrogens is 1. The van der Waals surface area contributed by atoms with Gasteiger partial charge in [0.1, 0.15) is 17.1 Å². The fourth-order valence-electron chi connectivity index (χ4n) is 5.84. The third-order valence-electron chi connectivity index (χ3n) is 7.50. The van der Waals surface area contributed by atoms with Crippen molar-refractivity contribution in [3.05, 3.63) is 31.4 Å². The number of halogens is 3. The van der Waals surface area contributed by atoms with Gasteiger partial charge in [-0.1, -0.05) is 0 Å². The first kappa shape index (κ1) is 20.8. The topological polar surface area (TPSA) is 98.6 Å². The smallest absolute Gasteiger partial charge is 0.329 e. The van der Waals surface area contributed by atoms with Crippen LogP contribution in [0.2, 0.25) is 0 Å². The molecular weight excluding hydrogens is 415 g/mol. The average Bonchev–Trinajstić information content (AvgIpc) is 3.46. The third kappa shape index (κ3) is 3.09. The SMILES string of the molecule is CC1=c2c(c(=O)[nH]c(=O)n2C2CC2)=C(O)C(F)C1N1CC2CCCC(F)(F)C(O)C2C1. The van der Waals surface area contributed by atoms with E-state index in [9.17, 15) is 28.6 Å². The summed E-state index contributed by atoms with van der Waals surface area (Å²) in [6.45, 7) is 1.99. The Morgan fingerprint density at radius 3 is 2.55 bits per heavy atom. The van der Waals surface area contributed by atoms with E-state index in [0.717, 1.165) is 12.8 Å². The predicted octanol–water partition coefficient (Wildman–Crippen LogP) is 0.157. The number of rotatable bonds is 2. The van der Waals surface area contributed by atoms with E-state index < -0.39 is 47.2 Å². The molecule has 5 unspecified atom stereocenters. The Labute approximate surface area is 175 Å². The van der Waals surface area contributed by atoms with E-state index in [1.165, 1.54) is 4.57 Å². The zero-order valence-electron chi connectivity index (χ0n) is 17.2. The maximum atomic E-state index is 15.5. The second-order valence-corrected chi connectivity index (χ2v) is 9.47. The van der Waals surface area contributed by atoms with Crippen LogP contribution in [0, 0.1) is 11.8 Å². The molecule has 7 nitrogen and oxygen atoms in total. The van der Waals surface area contributed by atoms with E-state index in [0.29, 0.717) is 18.5 Å². The van der Waals surface area contributed by atoms with Gasteiger partial charge >= 0.3 is 5.69 Å². The van der Waals surface area contributed by atoms with Gasteiger partial charge in [-0.25, -0.2) is 18.0 Å². The van der Waals surface area contributed by atoms with Crippen LogP contribution in [0.1, 0.15) is 45.1 Å². The molecule has 0 radical (unpaired) electrons. The Bertz CT molecular complexity index is 1160. The van der Waals surface area contributed by atoms with Gasteiger partial charge in [-0.15, -0.1) is 0 Å². The molecule has 0 spiro atoms. The van der Waals surface area contributed by atoms with Crippen molar-refractivity contribution in [1.82, 2.24) is 14.5 Å². The molecule has 3 fully saturated rings. The summed E-state index contributed by atoms with van der Waals surface area (Å²) in [5.74, 6) is -4.84. The lowest BCUT2D eigenvalue weighted by Crippen LogP contribution is -2.61. The molecule has 0 amide bonds. The summed E-state index contributed by atoms with van der Waals surface area (Å²) < 4.78 is 45.4. The summed E-state index contributed by atoms with van der Waals surface area (Å²) in [7, 11) is 0. The molecule has 170 valence electrons. The van der Waals surface area contributed by atoms with Crippen molar-refractivity contribution in [1.29, 1.82) is 0 Å². The maximum absolute atomic E-state index is 15.5. The molecule has 5 atom stereocenters. The van der Waals surface area contributed by atoms with Gasteiger partial charge in [0.15, 0.2) is 6.17 Å². The molecule has 3 aliphatic carbocycles. The molecular formula is C21H26F3N3O4. The van der Waals surface area contributed by atoms with Crippen LogP contribution in [0.4, 0.5) is 13.2 Å². The lowest BCUT2D eigenvalue weighted by molar-refractivity contribution is -0.132. The zero-order valence-corrected chi connectivity index (χ0v) is 17.2. The van der Waals surface area contributed by atoms with Crippen LogP contribution in [0.25, 0.3) is 11.3 Å². The number of hydrogen-bond acceptors (Lipinski definition) is 5. The fourth-order valence-corrected chi connectivity index (χ4v) is 5.84. The Morgan fingerprint density at radius 1 is 1.16 bits per heavy atom. The predicted molar refractivity (Wildman–Crippen MR) is 106 cm³/mol. The molecule has 2 heterocycles. The largest absolute Gasteiger partial charge is 0.508 e. The van der Waals surface area contributed by atoms with Crippen LogP contribution < -0.4 is 21.8 Å². The van der Waals surface area contributed by atoms with E-state index >= 15 is 4.39 Å². The van der Waals surface area contributed by atoms with Crippen LogP contribution >= 0.6 is 0 Å². The van der Waals surface area contributed by atoms with Crippen molar-refractivity contribution in [2.24, 2.45) is 11.8 Å². The monoisotopic (exact) mass is 441 g/mol. The summed E-state index contributed by atoms with van der Waals surface area (Å²) in [6.07, 6.45) is -1.82. The molecule has 1 saturated heterocycles. The fraction of sp³-hybridized carbons (Fsp3) is 0.714. The van der Waals surface area contributed by atoms with Gasteiger partial charge in [0.05, 0.1) is 11.4 Å². The standard InChI is InChI=1S/C21H26F3N3O4/c1-9-15-13(19(30)25-20(31)27(15)11-4-5-11)17(28)14(22)16(9)26-7-10-3-2-6-21(23,24)18(29)12(10)8-26/h10-12,14,16,18,28-29H,2-8H2,1H3,(H,25,30,31). The van der Waals surface area contributed by atoms with Gasteiger partial charge in [-0.2, -0.15) is 0 Å². The number of alkyl halides is 3. The molecule has 4 aliphatic rings. The average molecular weight is 441 g/mol. The molecule has 3 N–H and O–H groups in total. The first-order chi connectivity index (χ1) is 14.6. The Balaban J connectivity index is 1.62. The van der Waals surface area contributed by atoms with Gasteiger partial charge in [0.25, 0.3) is 11.5 Å². The minimum atomic E-state index is -3.18. The van der Waals surface area contributed by atoms with Crippen LogP contribution in [-0.4, -0.2) is 62.0 Å². The van der Waals surface area contributed by atoms with Crippen LogP contribution in [0.3, 0.4) is 0 Å². The van der Waals surface area contributed by atoms with E-state index in [4.69, 9.17) is 0 Å². The van der Waals surface area contributed by atoms with Crippen molar-refractivity contribution in [2.45, 2.75) is 69.3 Å². The molecule has 10 heteroatoms.